The van der Waals surface area contributed by atoms with E-state index in [-0.39, 0.29) is 10.6 Å². The molecule has 0 bridgehead atoms. The average molecular weight is 355 g/mol. The van der Waals surface area contributed by atoms with Crippen molar-refractivity contribution in [1.29, 1.82) is 0 Å². The van der Waals surface area contributed by atoms with Crippen molar-refractivity contribution in [1.82, 2.24) is 5.32 Å². The molecular weight excluding hydrogens is 340 g/mol. The molecule has 0 radical (unpaired) electrons. The van der Waals surface area contributed by atoms with Crippen molar-refractivity contribution in [3.63, 3.8) is 0 Å². The average Bonchev–Trinajstić information content (AvgIpc) is 2.87. The molecule has 0 aliphatic rings. The maximum atomic E-state index is 11.0. The lowest BCUT2D eigenvalue weighted by molar-refractivity contribution is -0.385. The van der Waals surface area contributed by atoms with Gasteiger partial charge in [-0.15, -0.1) is 11.3 Å². The number of nitro groups is 1. The predicted molar refractivity (Wildman–Crippen MR) is 85.0 cm³/mol. The van der Waals surface area contributed by atoms with Gasteiger partial charge in [0.2, 0.25) is 0 Å². The first-order chi connectivity index (χ1) is 9.61. The van der Waals surface area contributed by atoms with Gasteiger partial charge in [-0.05, 0) is 35.6 Å². The first kappa shape index (κ1) is 15.2. The highest BCUT2D eigenvalue weighted by Crippen LogP contribution is 2.24. The van der Waals surface area contributed by atoms with E-state index in [9.17, 15) is 10.1 Å². The van der Waals surface area contributed by atoms with Crippen LogP contribution in [0, 0.1) is 10.1 Å². The van der Waals surface area contributed by atoms with E-state index in [1.165, 1.54) is 10.4 Å². The molecule has 0 fully saturated rings. The van der Waals surface area contributed by atoms with Crippen LogP contribution < -0.4 is 5.32 Å². The van der Waals surface area contributed by atoms with Gasteiger partial charge in [0.1, 0.15) is 0 Å². The summed E-state index contributed by atoms with van der Waals surface area (Å²) in [5.74, 6) is 0. The van der Waals surface area contributed by atoms with Gasteiger partial charge in [-0.1, -0.05) is 22.9 Å². The number of benzene rings is 1. The van der Waals surface area contributed by atoms with Crippen molar-refractivity contribution in [3.05, 3.63) is 60.2 Å². The van der Waals surface area contributed by atoms with Gasteiger partial charge in [-0.3, -0.25) is 10.1 Å². The molecule has 106 valence electrons. The van der Waals surface area contributed by atoms with Crippen molar-refractivity contribution in [3.8, 4) is 0 Å². The van der Waals surface area contributed by atoms with Crippen molar-refractivity contribution in [2.75, 3.05) is 0 Å². The van der Waals surface area contributed by atoms with Crippen LogP contribution in [-0.2, 0) is 19.5 Å². The summed E-state index contributed by atoms with van der Waals surface area (Å²) in [6, 6.07) is 7.28. The van der Waals surface area contributed by atoms with Crippen LogP contribution in [0.4, 0.5) is 5.69 Å². The fourth-order valence-electron chi connectivity index (χ4n) is 2.00. The minimum Gasteiger partial charge on any atom is -0.308 e. The van der Waals surface area contributed by atoms with E-state index in [0.29, 0.717) is 12.1 Å². The molecule has 0 spiro atoms. The van der Waals surface area contributed by atoms with Crippen LogP contribution in [0.15, 0.2) is 34.1 Å². The lowest BCUT2D eigenvalue weighted by atomic mass is 10.1. The second kappa shape index (κ2) is 6.97. The second-order valence-electron chi connectivity index (χ2n) is 4.36. The molecule has 0 saturated heterocycles. The van der Waals surface area contributed by atoms with Crippen molar-refractivity contribution in [2.45, 2.75) is 26.4 Å². The lowest BCUT2D eigenvalue weighted by Gasteiger charge is -2.06. The Labute approximate surface area is 130 Å². The number of hydrogen-bond acceptors (Lipinski definition) is 4. The van der Waals surface area contributed by atoms with E-state index in [0.717, 1.165) is 17.4 Å². The van der Waals surface area contributed by atoms with Crippen LogP contribution in [0.2, 0.25) is 0 Å². The molecule has 2 aromatic rings. The summed E-state index contributed by atoms with van der Waals surface area (Å²) in [5, 5.41) is 16.4. The lowest BCUT2D eigenvalue weighted by Crippen LogP contribution is -2.13. The Bertz CT molecular complexity index is 613. The summed E-state index contributed by atoms with van der Waals surface area (Å²) in [7, 11) is 0. The van der Waals surface area contributed by atoms with Gasteiger partial charge >= 0.3 is 0 Å². The zero-order valence-electron chi connectivity index (χ0n) is 11.1. The van der Waals surface area contributed by atoms with Crippen LogP contribution in [0.5, 0.6) is 0 Å². The Balaban J connectivity index is 2.03. The highest BCUT2D eigenvalue weighted by molar-refractivity contribution is 9.10. The van der Waals surface area contributed by atoms with Gasteiger partial charge in [0.05, 0.1) is 4.92 Å². The normalized spacial score (nSPS) is 10.7. The minimum atomic E-state index is -0.343. The molecule has 1 aromatic heterocycles. The van der Waals surface area contributed by atoms with Gasteiger partial charge < -0.3 is 5.32 Å². The van der Waals surface area contributed by atoms with Crippen LogP contribution in [0.25, 0.3) is 0 Å². The summed E-state index contributed by atoms with van der Waals surface area (Å²) in [5.41, 5.74) is 2.19. The van der Waals surface area contributed by atoms with Gasteiger partial charge in [0.25, 0.3) is 5.69 Å². The number of nitrogens with zero attached hydrogens (tertiary/aromatic N) is 1. The maximum Gasteiger partial charge on any atom is 0.275 e. The minimum absolute atomic E-state index is 0.147. The summed E-state index contributed by atoms with van der Waals surface area (Å²) in [6.07, 6.45) is 1.01. The number of aryl methyl sites for hydroxylation is 1. The SMILES string of the molecule is CCc1ccsc1CNCc1ccc(Br)cc1[N+](=O)[O-]. The zero-order chi connectivity index (χ0) is 14.5. The van der Waals surface area contributed by atoms with Crippen molar-refractivity contribution in [2.24, 2.45) is 0 Å². The maximum absolute atomic E-state index is 11.0. The topological polar surface area (TPSA) is 55.2 Å². The van der Waals surface area contributed by atoms with Gasteiger partial charge in [0, 0.05) is 34.1 Å². The number of rotatable bonds is 6. The van der Waals surface area contributed by atoms with E-state index in [1.54, 1.807) is 23.5 Å². The number of nitrogens with one attached hydrogen (secondary N) is 1. The molecule has 0 atom stereocenters. The third-order valence-corrected chi connectivity index (χ3v) is 4.52. The smallest absolute Gasteiger partial charge is 0.275 e. The number of nitro benzene ring substituents is 1. The van der Waals surface area contributed by atoms with Crippen molar-refractivity contribution >= 4 is 33.0 Å². The quantitative estimate of drug-likeness (QED) is 0.622. The molecule has 0 amide bonds. The molecule has 4 nitrogen and oxygen atoms in total. The predicted octanol–water partition coefficient (Wildman–Crippen LogP) is 4.27. The summed E-state index contributed by atoms with van der Waals surface area (Å²) < 4.78 is 0.722. The van der Waals surface area contributed by atoms with Gasteiger partial charge in [-0.25, -0.2) is 0 Å². The third kappa shape index (κ3) is 3.65. The van der Waals surface area contributed by atoms with Gasteiger partial charge in [-0.2, -0.15) is 0 Å². The fraction of sp³-hybridized carbons (Fsp3) is 0.286. The Morgan fingerprint density at radius 3 is 2.80 bits per heavy atom. The molecule has 0 saturated carbocycles. The Morgan fingerprint density at radius 1 is 1.30 bits per heavy atom. The highest BCUT2D eigenvalue weighted by Gasteiger charge is 2.13. The Morgan fingerprint density at radius 2 is 2.10 bits per heavy atom. The van der Waals surface area contributed by atoms with Crippen molar-refractivity contribution < 1.29 is 4.92 Å². The Hall–Kier alpha value is -1.24. The molecule has 2 rings (SSSR count). The molecule has 6 heteroatoms. The molecule has 1 heterocycles. The monoisotopic (exact) mass is 354 g/mol. The van der Waals surface area contributed by atoms with Crippen LogP contribution in [-0.4, -0.2) is 4.92 Å². The zero-order valence-corrected chi connectivity index (χ0v) is 13.5. The summed E-state index contributed by atoms with van der Waals surface area (Å²) in [4.78, 5) is 12.0. The molecular formula is C14H15BrN2O2S. The molecule has 0 aliphatic carbocycles. The summed E-state index contributed by atoms with van der Waals surface area (Å²) >= 11 is 4.98. The van der Waals surface area contributed by atoms with Gasteiger partial charge in [0.15, 0.2) is 0 Å². The largest absolute Gasteiger partial charge is 0.308 e. The molecule has 1 N–H and O–H groups in total. The number of thiophene rings is 1. The third-order valence-electron chi connectivity index (χ3n) is 3.06. The highest BCUT2D eigenvalue weighted by atomic mass is 79.9. The molecule has 1 aromatic carbocycles. The standard InChI is InChI=1S/C14H15BrN2O2S/c1-2-10-5-6-20-14(10)9-16-8-11-3-4-12(15)7-13(11)17(18)19/h3-7,16H,2,8-9H2,1H3. The van der Waals surface area contributed by atoms with E-state index in [1.807, 2.05) is 6.07 Å². The number of hydrogen-bond donors (Lipinski definition) is 1. The van der Waals surface area contributed by atoms with Crippen LogP contribution in [0.1, 0.15) is 22.9 Å². The first-order valence-corrected chi connectivity index (χ1v) is 7.98. The van der Waals surface area contributed by atoms with E-state index in [4.69, 9.17) is 0 Å². The first-order valence-electron chi connectivity index (χ1n) is 6.30. The van der Waals surface area contributed by atoms with Crippen LogP contribution >= 0.6 is 27.3 Å². The molecule has 0 aliphatic heterocycles. The molecule has 0 unspecified atom stereocenters. The van der Waals surface area contributed by atoms with E-state index < -0.39 is 0 Å². The fourth-order valence-corrected chi connectivity index (χ4v) is 3.30. The molecule has 20 heavy (non-hydrogen) atoms. The van der Waals surface area contributed by atoms with Crippen LogP contribution in [0.3, 0.4) is 0 Å². The second-order valence-corrected chi connectivity index (χ2v) is 6.27. The van der Waals surface area contributed by atoms with E-state index in [2.05, 4.69) is 39.6 Å². The van der Waals surface area contributed by atoms with E-state index >= 15 is 0 Å². The Kier molecular flexibility index (Phi) is 5.28. The number of halogens is 1. The summed E-state index contributed by atoms with van der Waals surface area (Å²) in [6.45, 7) is 3.36.